The average molecular weight is 383 g/mol. The van der Waals surface area contributed by atoms with E-state index in [-0.39, 0.29) is 23.2 Å². The van der Waals surface area contributed by atoms with Crippen LogP contribution in [-0.2, 0) is 14.3 Å². The Hall–Kier alpha value is -3.28. The molecule has 0 fully saturated rings. The molecule has 0 bridgehead atoms. The molecule has 5 nitrogen and oxygen atoms in total. The number of anilines is 1. The molecule has 0 spiro atoms. The standard InChI is InChI=1S/C22H22FNO4/c1-14(2)22(27)24-18-11-8-17(9-12-18)21(26)15(3)28-20(25)13-10-16-6-4-5-7-19(16)23/h4-15H,1-3H3,(H,24,27)/b13-10+. The van der Waals surface area contributed by atoms with Crippen molar-refractivity contribution in [2.75, 3.05) is 5.32 Å². The number of ketones is 1. The zero-order valence-electron chi connectivity index (χ0n) is 15.9. The number of halogens is 1. The maximum Gasteiger partial charge on any atom is 0.331 e. The number of benzene rings is 2. The van der Waals surface area contributed by atoms with Crippen LogP contribution in [0.5, 0.6) is 0 Å². The van der Waals surface area contributed by atoms with Crippen LogP contribution in [-0.4, -0.2) is 23.8 Å². The van der Waals surface area contributed by atoms with E-state index in [4.69, 9.17) is 4.74 Å². The Morgan fingerprint density at radius 2 is 1.64 bits per heavy atom. The van der Waals surface area contributed by atoms with E-state index < -0.39 is 17.9 Å². The van der Waals surface area contributed by atoms with Crippen LogP contribution in [0.25, 0.3) is 6.08 Å². The first-order valence-electron chi connectivity index (χ1n) is 8.86. The molecule has 1 N–H and O–H groups in total. The first kappa shape index (κ1) is 21.0. The summed E-state index contributed by atoms with van der Waals surface area (Å²) in [6.07, 6.45) is 1.36. The molecule has 2 rings (SSSR count). The van der Waals surface area contributed by atoms with Crippen LogP contribution in [0, 0.1) is 11.7 Å². The minimum atomic E-state index is -1.01. The lowest BCUT2D eigenvalue weighted by Crippen LogP contribution is -2.23. The van der Waals surface area contributed by atoms with Crippen molar-refractivity contribution in [2.45, 2.75) is 26.9 Å². The van der Waals surface area contributed by atoms with E-state index in [2.05, 4.69) is 5.32 Å². The fourth-order valence-electron chi connectivity index (χ4n) is 2.27. The van der Waals surface area contributed by atoms with Gasteiger partial charge in [-0.05, 0) is 43.3 Å². The van der Waals surface area contributed by atoms with Gasteiger partial charge in [0.25, 0.3) is 0 Å². The molecule has 28 heavy (non-hydrogen) atoms. The second-order valence-electron chi connectivity index (χ2n) is 6.52. The molecule has 2 aromatic rings. The highest BCUT2D eigenvalue weighted by atomic mass is 19.1. The van der Waals surface area contributed by atoms with Crippen molar-refractivity contribution in [3.63, 3.8) is 0 Å². The lowest BCUT2D eigenvalue weighted by Gasteiger charge is -2.12. The Bertz CT molecular complexity index is 888. The van der Waals surface area contributed by atoms with E-state index in [1.165, 1.54) is 25.1 Å². The zero-order valence-corrected chi connectivity index (χ0v) is 15.9. The van der Waals surface area contributed by atoms with Gasteiger partial charge in [0.1, 0.15) is 5.82 Å². The van der Waals surface area contributed by atoms with Gasteiger partial charge in [-0.25, -0.2) is 9.18 Å². The third-order valence-electron chi connectivity index (χ3n) is 3.93. The van der Waals surface area contributed by atoms with Gasteiger partial charge in [0.2, 0.25) is 11.7 Å². The second kappa shape index (κ2) is 9.60. The van der Waals surface area contributed by atoms with Crippen molar-refractivity contribution >= 4 is 29.4 Å². The number of amides is 1. The summed E-state index contributed by atoms with van der Waals surface area (Å²) in [6, 6.07) is 12.3. The highest BCUT2D eigenvalue weighted by Gasteiger charge is 2.18. The fraction of sp³-hybridized carbons (Fsp3) is 0.227. The number of nitrogens with one attached hydrogen (secondary N) is 1. The van der Waals surface area contributed by atoms with E-state index in [1.807, 2.05) is 0 Å². The van der Waals surface area contributed by atoms with E-state index in [1.54, 1.807) is 50.2 Å². The lowest BCUT2D eigenvalue weighted by atomic mass is 10.1. The van der Waals surface area contributed by atoms with Crippen LogP contribution in [0.15, 0.2) is 54.6 Å². The molecular formula is C22H22FNO4. The van der Waals surface area contributed by atoms with Gasteiger partial charge in [-0.2, -0.15) is 0 Å². The van der Waals surface area contributed by atoms with Gasteiger partial charge in [0.05, 0.1) is 0 Å². The van der Waals surface area contributed by atoms with Crippen LogP contribution >= 0.6 is 0 Å². The molecular weight excluding hydrogens is 361 g/mol. The molecule has 1 atom stereocenters. The normalized spacial score (nSPS) is 12.0. The quantitative estimate of drug-likeness (QED) is 0.441. The molecule has 0 aliphatic rings. The van der Waals surface area contributed by atoms with E-state index >= 15 is 0 Å². The summed E-state index contributed by atoms with van der Waals surface area (Å²) in [6.45, 7) is 5.03. The number of carbonyl (C=O) groups excluding carboxylic acids is 3. The Morgan fingerprint density at radius 1 is 1.00 bits per heavy atom. The Labute approximate surface area is 163 Å². The minimum Gasteiger partial charge on any atom is -0.451 e. The summed E-state index contributed by atoms with van der Waals surface area (Å²) in [5.41, 5.74) is 1.17. The van der Waals surface area contributed by atoms with Crippen LogP contribution in [0.1, 0.15) is 36.7 Å². The maximum atomic E-state index is 13.5. The molecule has 0 aromatic heterocycles. The molecule has 1 amide bonds. The number of hydrogen-bond donors (Lipinski definition) is 1. The lowest BCUT2D eigenvalue weighted by molar-refractivity contribution is -0.140. The van der Waals surface area contributed by atoms with Gasteiger partial charge in [0.15, 0.2) is 6.10 Å². The van der Waals surface area contributed by atoms with Crippen molar-refractivity contribution in [1.29, 1.82) is 0 Å². The number of ether oxygens (including phenoxy) is 1. The molecule has 0 aliphatic carbocycles. The van der Waals surface area contributed by atoms with E-state index in [9.17, 15) is 18.8 Å². The predicted octanol–water partition coefficient (Wildman–Crippen LogP) is 4.25. The number of esters is 1. The fourth-order valence-corrected chi connectivity index (χ4v) is 2.27. The number of hydrogen-bond acceptors (Lipinski definition) is 4. The van der Waals surface area contributed by atoms with Crippen LogP contribution < -0.4 is 5.32 Å². The number of carbonyl (C=O) groups is 3. The van der Waals surface area contributed by atoms with Crippen molar-refractivity contribution in [1.82, 2.24) is 0 Å². The molecule has 6 heteroatoms. The average Bonchev–Trinajstić information content (AvgIpc) is 2.67. The maximum absolute atomic E-state index is 13.5. The second-order valence-corrected chi connectivity index (χ2v) is 6.52. The summed E-state index contributed by atoms with van der Waals surface area (Å²) < 4.78 is 18.6. The SMILES string of the molecule is CC(C)C(=O)Nc1ccc(C(=O)C(C)OC(=O)/C=C/c2ccccc2F)cc1. The third kappa shape index (κ3) is 5.87. The number of Topliss-reactive ketones (excluding diaryl/α,β-unsaturated/α-hetero) is 1. The monoisotopic (exact) mass is 383 g/mol. The van der Waals surface area contributed by atoms with Gasteiger partial charge in [-0.1, -0.05) is 32.0 Å². The highest BCUT2D eigenvalue weighted by molar-refractivity contribution is 6.01. The Morgan fingerprint density at radius 3 is 2.25 bits per heavy atom. The predicted molar refractivity (Wildman–Crippen MR) is 105 cm³/mol. The van der Waals surface area contributed by atoms with Gasteiger partial charge < -0.3 is 10.1 Å². The van der Waals surface area contributed by atoms with Crippen molar-refractivity contribution < 1.29 is 23.5 Å². The van der Waals surface area contributed by atoms with Crippen molar-refractivity contribution in [2.24, 2.45) is 5.92 Å². The molecule has 1 unspecified atom stereocenters. The first-order valence-corrected chi connectivity index (χ1v) is 8.86. The summed E-state index contributed by atoms with van der Waals surface area (Å²) in [7, 11) is 0. The molecule has 146 valence electrons. The smallest absolute Gasteiger partial charge is 0.331 e. The van der Waals surface area contributed by atoms with Crippen LogP contribution in [0.3, 0.4) is 0 Å². The van der Waals surface area contributed by atoms with Gasteiger partial charge in [-0.15, -0.1) is 0 Å². The molecule has 0 saturated heterocycles. The third-order valence-corrected chi connectivity index (χ3v) is 3.93. The van der Waals surface area contributed by atoms with Crippen LogP contribution in [0.4, 0.5) is 10.1 Å². The first-order chi connectivity index (χ1) is 13.3. The Balaban J connectivity index is 1.95. The largest absolute Gasteiger partial charge is 0.451 e. The van der Waals surface area contributed by atoms with Crippen molar-refractivity contribution in [3.05, 3.63) is 71.6 Å². The van der Waals surface area contributed by atoms with E-state index in [0.29, 0.717) is 11.3 Å². The zero-order chi connectivity index (χ0) is 20.7. The molecule has 0 aliphatic heterocycles. The molecule has 0 heterocycles. The van der Waals surface area contributed by atoms with Crippen molar-refractivity contribution in [3.8, 4) is 0 Å². The summed E-state index contributed by atoms with van der Waals surface area (Å²) >= 11 is 0. The highest BCUT2D eigenvalue weighted by Crippen LogP contribution is 2.14. The molecule has 0 radical (unpaired) electrons. The summed E-state index contributed by atoms with van der Waals surface area (Å²) in [5.74, 6) is -1.86. The molecule has 2 aromatic carbocycles. The topological polar surface area (TPSA) is 72.5 Å². The summed E-state index contributed by atoms with van der Waals surface area (Å²) in [4.78, 5) is 36.0. The van der Waals surface area contributed by atoms with E-state index in [0.717, 1.165) is 6.08 Å². The van der Waals surface area contributed by atoms with Crippen LogP contribution in [0.2, 0.25) is 0 Å². The van der Waals surface area contributed by atoms with Gasteiger partial charge >= 0.3 is 5.97 Å². The molecule has 0 saturated carbocycles. The Kier molecular flexibility index (Phi) is 7.21. The number of rotatable bonds is 7. The van der Waals surface area contributed by atoms with Gasteiger partial charge in [-0.3, -0.25) is 9.59 Å². The van der Waals surface area contributed by atoms with Gasteiger partial charge in [0, 0.05) is 28.8 Å². The minimum absolute atomic E-state index is 0.122. The summed E-state index contributed by atoms with van der Waals surface area (Å²) in [5, 5.41) is 2.73.